The number of anilines is 1. The number of hydrogen-bond acceptors (Lipinski definition) is 7. The van der Waals surface area contributed by atoms with Crippen molar-refractivity contribution < 1.29 is 28.5 Å². The minimum atomic E-state index is -0.805. The van der Waals surface area contributed by atoms with Crippen molar-refractivity contribution in [1.29, 1.82) is 0 Å². The standard InChI is InChI=1S/C16H15N3O7/c1-10-7-11(19(23)24)4-5-12(10)18-14(20)9-26-15(21)8-17-16(22)13-3-2-6-25-13/h2-7H,8-9H2,1H3,(H,17,22)(H,18,20). The second-order valence-electron chi connectivity index (χ2n) is 5.13. The zero-order valence-corrected chi connectivity index (χ0v) is 13.7. The van der Waals surface area contributed by atoms with Gasteiger partial charge >= 0.3 is 5.97 Å². The monoisotopic (exact) mass is 361 g/mol. The van der Waals surface area contributed by atoms with Crippen LogP contribution in [0.2, 0.25) is 0 Å². The van der Waals surface area contributed by atoms with Crippen molar-refractivity contribution in [2.75, 3.05) is 18.5 Å². The lowest BCUT2D eigenvalue weighted by Gasteiger charge is -2.09. The second kappa shape index (κ2) is 8.42. The number of carbonyl (C=O) groups is 3. The summed E-state index contributed by atoms with van der Waals surface area (Å²) in [6, 6.07) is 6.90. The zero-order chi connectivity index (χ0) is 19.1. The van der Waals surface area contributed by atoms with Gasteiger partial charge in [0, 0.05) is 17.8 Å². The third-order valence-electron chi connectivity index (χ3n) is 3.20. The number of nitro groups is 1. The van der Waals surface area contributed by atoms with Crippen molar-refractivity contribution in [3.05, 3.63) is 58.0 Å². The summed E-state index contributed by atoms with van der Waals surface area (Å²) in [7, 11) is 0. The van der Waals surface area contributed by atoms with Crippen LogP contribution in [-0.4, -0.2) is 35.9 Å². The Morgan fingerprint density at radius 3 is 2.65 bits per heavy atom. The van der Waals surface area contributed by atoms with Crippen LogP contribution < -0.4 is 10.6 Å². The molecule has 10 heteroatoms. The molecular formula is C16H15N3O7. The average molecular weight is 361 g/mol. The molecule has 2 aromatic rings. The van der Waals surface area contributed by atoms with Gasteiger partial charge in [-0.3, -0.25) is 24.5 Å². The predicted octanol–water partition coefficient (Wildman–Crippen LogP) is 1.41. The lowest BCUT2D eigenvalue weighted by molar-refractivity contribution is -0.384. The highest BCUT2D eigenvalue weighted by Gasteiger charge is 2.14. The smallest absolute Gasteiger partial charge is 0.325 e. The molecule has 2 N–H and O–H groups in total. The Labute approximate surface area is 147 Å². The number of nitrogens with zero attached hydrogens (tertiary/aromatic N) is 1. The van der Waals surface area contributed by atoms with Gasteiger partial charge in [-0.15, -0.1) is 0 Å². The van der Waals surface area contributed by atoms with Gasteiger partial charge in [0.1, 0.15) is 6.54 Å². The lowest BCUT2D eigenvalue weighted by atomic mass is 10.2. The molecule has 0 aliphatic heterocycles. The minimum Gasteiger partial charge on any atom is -0.459 e. The van der Waals surface area contributed by atoms with Crippen LogP contribution in [-0.2, 0) is 14.3 Å². The van der Waals surface area contributed by atoms with Crippen LogP contribution >= 0.6 is 0 Å². The van der Waals surface area contributed by atoms with Crippen LogP contribution in [0.4, 0.5) is 11.4 Å². The van der Waals surface area contributed by atoms with Crippen LogP contribution in [0.1, 0.15) is 16.1 Å². The van der Waals surface area contributed by atoms with Crippen LogP contribution in [0.15, 0.2) is 41.0 Å². The maximum atomic E-state index is 11.8. The molecule has 0 radical (unpaired) electrons. The number of nitro benzene ring substituents is 1. The number of non-ortho nitro benzene ring substituents is 1. The molecular weight excluding hydrogens is 346 g/mol. The Kier molecular flexibility index (Phi) is 6.04. The van der Waals surface area contributed by atoms with E-state index < -0.39 is 35.9 Å². The minimum absolute atomic E-state index is 0.0455. The van der Waals surface area contributed by atoms with E-state index in [9.17, 15) is 24.5 Å². The molecule has 2 amide bonds. The molecule has 0 spiro atoms. The molecule has 10 nitrogen and oxygen atoms in total. The van der Waals surface area contributed by atoms with Crippen molar-refractivity contribution in [1.82, 2.24) is 5.32 Å². The Morgan fingerprint density at radius 1 is 1.27 bits per heavy atom. The van der Waals surface area contributed by atoms with E-state index in [4.69, 9.17) is 9.15 Å². The highest BCUT2D eigenvalue weighted by atomic mass is 16.6. The summed E-state index contributed by atoms with van der Waals surface area (Å²) in [5, 5.41) is 15.4. The Morgan fingerprint density at radius 2 is 2.04 bits per heavy atom. The van der Waals surface area contributed by atoms with E-state index in [2.05, 4.69) is 10.6 Å². The van der Waals surface area contributed by atoms with E-state index in [1.165, 1.54) is 36.6 Å². The normalized spacial score (nSPS) is 10.0. The molecule has 26 heavy (non-hydrogen) atoms. The van der Waals surface area contributed by atoms with Crippen molar-refractivity contribution in [3.63, 3.8) is 0 Å². The summed E-state index contributed by atoms with van der Waals surface area (Å²) in [5.41, 5.74) is 0.756. The maximum absolute atomic E-state index is 11.8. The van der Waals surface area contributed by atoms with Crippen LogP contribution in [0, 0.1) is 17.0 Å². The van der Waals surface area contributed by atoms with E-state index in [-0.39, 0.29) is 11.4 Å². The molecule has 0 saturated heterocycles. The average Bonchev–Trinajstić information content (AvgIpc) is 3.14. The van der Waals surface area contributed by atoms with E-state index in [1.54, 1.807) is 6.92 Å². The number of nitrogens with one attached hydrogen (secondary N) is 2. The number of aryl methyl sites for hydroxylation is 1. The van der Waals surface area contributed by atoms with E-state index in [0.717, 1.165) is 0 Å². The number of carbonyl (C=O) groups excluding carboxylic acids is 3. The maximum Gasteiger partial charge on any atom is 0.325 e. The molecule has 1 aromatic heterocycles. The van der Waals surface area contributed by atoms with E-state index in [0.29, 0.717) is 11.3 Å². The predicted molar refractivity (Wildman–Crippen MR) is 88.5 cm³/mol. The van der Waals surface area contributed by atoms with Gasteiger partial charge in [0.2, 0.25) is 0 Å². The van der Waals surface area contributed by atoms with Gasteiger partial charge in [0.15, 0.2) is 12.4 Å². The van der Waals surface area contributed by atoms with E-state index >= 15 is 0 Å². The van der Waals surface area contributed by atoms with Gasteiger partial charge in [-0.2, -0.15) is 0 Å². The van der Waals surface area contributed by atoms with Gasteiger partial charge in [0.25, 0.3) is 17.5 Å². The zero-order valence-electron chi connectivity index (χ0n) is 13.7. The van der Waals surface area contributed by atoms with Gasteiger partial charge in [0.05, 0.1) is 11.2 Å². The first-order valence-electron chi connectivity index (χ1n) is 7.39. The van der Waals surface area contributed by atoms with Gasteiger partial charge in [-0.25, -0.2) is 0 Å². The molecule has 0 saturated carbocycles. The number of rotatable bonds is 7. The summed E-state index contributed by atoms with van der Waals surface area (Å²) < 4.78 is 9.60. The Balaban J connectivity index is 1.77. The van der Waals surface area contributed by atoms with Crippen LogP contribution in [0.5, 0.6) is 0 Å². The molecule has 0 unspecified atom stereocenters. The fourth-order valence-corrected chi connectivity index (χ4v) is 1.93. The second-order valence-corrected chi connectivity index (χ2v) is 5.13. The molecule has 0 fully saturated rings. The molecule has 1 aromatic carbocycles. The van der Waals surface area contributed by atoms with Crippen molar-refractivity contribution in [2.24, 2.45) is 0 Å². The number of ether oxygens (including phenoxy) is 1. The van der Waals surface area contributed by atoms with Crippen molar-refractivity contribution >= 4 is 29.2 Å². The van der Waals surface area contributed by atoms with E-state index in [1.807, 2.05) is 0 Å². The SMILES string of the molecule is Cc1cc([N+](=O)[O-])ccc1NC(=O)COC(=O)CNC(=O)c1ccco1. The first-order valence-corrected chi connectivity index (χ1v) is 7.39. The topological polar surface area (TPSA) is 141 Å². The number of amides is 2. The quantitative estimate of drug-likeness (QED) is 0.431. The lowest BCUT2D eigenvalue weighted by Crippen LogP contribution is -2.32. The number of esters is 1. The number of benzene rings is 1. The molecule has 0 atom stereocenters. The molecule has 0 aliphatic rings. The summed E-state index contributed by atoms with van der Waals surface area (Å²) in [4.78, 5) is 45.0. The van der Waals surface area contributed by atoms with Gasteiger partial charge in [-0.1, -0.05) is 0 Å². The first kappa shape index (κ1) is 18.6. The van der Waals surface area contributed by atoms with Crippen molar-refractivity contribution in [3.8, 4) is 0 Å². The highest BCUT2D eigenvalue weighted by Crippen LogP contribution is 2.20. The van der Waals surface area contributed by atoms with Crippen LogP contribution in [0.25, 0.3) is 0 Å². The first-order chi connectivity index (χ1) is 12.4. The van der Waals surface area contributed by atoms with Crippen molar-refractivity contribution in [2.45, 2.75) is 6.92 Å². The molecule has 136 valence electrons. The summed E-state index contributed by atoms with van der Waals surface area (Å²) in [5.74, 6) is -1.96. The summed E-state index contributed by atoms with van der Waals surface area (Å²) in [6.45, 7) is 0.605. The molecule has 0 aliphatic carbocycles. The van der Waals surface area contributed by atoms with Gasteiger partial charge in [-0.05, 0) is 30.7 Å². The summed E-state index contributed by atoms with van der Waals surface area (Å²) in [6.07, 6.45) is 1.32. The number of hydrogen-bond donors (Lipinski definition) is 2. The third kappa shape index (κ3) is 5.16. The molecule has 0 bridgehead atoms. The number of furan rings is 1. The fourth-order valence-electron chi connectivity index (χ4n) is 1.93. The van der Waals surface area contributed by atoms with Crippen LogP contribution in [0.3, 0.4) is 0 Å². The molecule has 1 heterocycles. The Hall–Kier alpha value is -3.69. The Bertz CT molecular complexity index is 830. The largest absolute Gasteiger partial charge is 0.459 e. The summed E-state index contributed by atoms with van der Waals surface area (Å²) >= 11 is 0. The molecule has 2 rings (SSSR count). The van der Waals surface area contributed by atoms with Gasteiger partial charge < -0.3 is 19.8 Å². The third-order valence-corrected chi connectivity index (χ3v) is 3.20. The highest BCUT2D eigenvalue weighted by molar-refractivity contribution is 5.95. The fraction of sp³-hybridized carbons (Fsp3) is 0.188.